The summed E-state index contributed by atoms with van der Waals surface area (Å²) in [5, 5.41) is 8.85. The number of nitrogens with zero attached hydrogens (tertiary/aromatic N) is 3. The second-order valence-electron chi connectivity index (χ2n) is 6.48. The third-order valence-electron chi connectivity index (χ3n) is 4.74. The molecule has 1 aromatic heterocycles. The molecule has 3 aromatic rings. The minimum atomic E-state index is 0.138. The van der Waals surface area contributed by atoms with Crippen LogP contribution in [0.1, 0.15) is 15.9 Å². The van der Waals surface area contributed by atoms with E-state index in [4.69, 9.17) is 0 Å². The predicted molar refractivity (Wildman–Crippen MR) is 98.7 cm³/mol. The molecule has 1 aliphatic rings. The van der Waals surface area contributed by atoms with Crippen molar-refractivity contribution in [1.82, 2.24) is 20.0 Å². The molecule has 2 heterocycles. The Morgan fingerprint density at radius 2 is 1.84 bits per heavy atom. The van der Waals surface area contributed by atoms with Crippen LogP contribution in [0.25, 0.3) is 10.9 Å². The van der Waals surface area contributed by atoms with Gasteiger partial charge >= 0.3 is 0 Å². The Kier molecular flexibility index (Phi) is 4.59. The van der Waals surface area contributed by atoms with Crippen molar-refractivity contribution in [3.63, 3.8) is 0 Å². The van der Waals surface area contributed by atoms with Gasteiger partial charge in [0.15, 0.2) is 5.78 Å². The van der Waals surface area contributed by atoms with Crippen molar-refractivity contribution in [2.45, 2.75) is 13.1 Å². The van der Waals surface area contributed by atoms with Crippen LogP contribution in [0, 0.1) is 0 Å². The predicted octanol–water partition coefficient (Wildman–Crippen LogP) is 2.32. The average Bonchev–Trinajstić information content (AvgIpc) is 3.06. The fourth-order valence-corrected chi connectivity index (χ4v) is 3.38. The lowest BCUT2D eigenvalue weighted by atomic mass is 10.0. The van der Waals surface area contributed by atoms with Gasteiger partial charge in [-0.15, -0.1) is 0 Å². The number of ketones is 1. The summed E-state index contributed by atoms with van der Waals surface area (Å²) < 4.78 is 2.00. The fourth-order valence-electron chi connectivity index (χ4n) is 3.38. The van der Waals surface area contributed by atoms with Crippen molar-refractivity contribution in [3.8, 4) is 0 Å². The lowest BCUT2D eigenvalue weighted by molar-refractivity contribution is 0.0994. The van der Waals surface area contributed by atoms with E-state index in [1.54, 1.807) is 0 Å². The van der Waals surface area contributed by atoms with Gasteiger partial charge < -0.3 is 5.32 Å². The molecular formula is C20H22N4O. The van der Waals surface area contributed by atoms with E-state index in [-0.39, 0.29) is 5.78 Å². The summed E-state index contributed by atoms with van der Waals surface area (Å²) >= 11 is 0. The molecule has 5 nitrogen and oxygen atoms in total. The average molecular weight is 334 g/mol. The quantitative estimate of drug-likeness (QED) is 0.728. The summed E-state index contributed by atoms with van der Waals surface area (Å²) in [6, 6.07) is 15.8. The van der Waals surface area contributed by atoms with Gasteiger partial charge in [-0.2, -0.15) is 5.10 Å². The first-order valence-electron chi connectivity index (χ1n) is 8.76. The normalized spacial score (nSPS) is 15.5. The van der Waals surface area contributed by atoms with Gasteiger partial charge in [0.25, 0.3) is 0 Å². The third kappa shape index (κ3) is 3.48. The summed E-state index contributed by atoms with van der Waals surface area (Å²) in [6.45, 7) is 4.84. The standard InChI is InChI=1S/C20H22N4O/c25-20(13-16-5-2-1-3-6-16)17-7-4-8-19-18(17)14-22-24(19)15-23-11-9-21-10-12-23/h1-8,14,21H,9-13,15H2. The van der Waals surface area contributed by atoms with Gasteiger partial charge in [0, 0.05) is 43.5 Å². The molecule has 0 amide bonds. The van der Waals surface area contributed by atoms with E-state index in [2.05, 4.69) is 15.3 Å². The molecule has 4 rings (SSSR count). The Balaban J connectivity index is 1.59. The molecule has 0 aliphatic carbocycles. The van der Waals surface area contributed by atoms with E-state index < -0.39 is 0 Å². The van der Waals surface area contributed by atoms with Crippen LogP contribution in [0.2, 0.25) is 0 Å². The maximum absolute atomic E-state index is 12.8. The van der Waals surface area contributed by atoms with Gasteiger partial charge in [-0.3, -0.25) is 14.4 Å². The number of hydrogen-bond donors (Lipinski definition) is 1. The lowest BCUT2D eigenvalue weighted by Crippen LogP contribution is -2.44. The number of nitrogens with one attached hydrogen (secondary N) is 1. The molecule has 0 atom stereocenters. The molecule has 1 N–H and O–H groups in total. The Bertz CT molecular complexity index is 866. The maximum atomic E-state index is 12.8. The molecular weight excluding hydrogens is 312 g/mol. The molecule has 5 heteroatoms. The lowest BCUT2D eigenvalue weighted by Gasteiger charge is -2.27. The van der Waals surface area contributed by atoms with Crippen LogP contribution in [0.4, 0.5) is 0 Å². The first kappa shape index (κ1) is 16.0. The Morgan fingerprint density at radius 3 is 2.64 bits per heavy atom. The van der Waals surface area contributed by atoms with Gasteiger partial charge in [-0.1, -0.05) is 42.5 Å². The molecule has 0 saturated carbocycles. The largest absolute Gasteiger partial charge is 0.314 e. The van der Waals surface area contributed by atoms with Crippen molar-refractivity contribution in [3.05, 3.63) is 65.9 Å². The van der Waals surface area contributed by atoms with Gasteiger partial charge in [0.2, 0.25) is 0 Å². The smallest absolute Gasteiger partial charge is 0.167 e. The molecule has 1 saturated heterocycles. The highest BCUT2D eigenvalue weighted by molar-refractivity contribution is 6.08. The zero-order valence-corrected chi connectivity index (χ0v) is 14.2. The van der Waals surface area contributed by atoms with Gasteiger partial charge in [0.1, 0.15) is 0 Å². The molecule has 0 unspecified atom stereocenters. The Labute approximate surface area is 147 Å². The van der Waals surface area contributed by atoms with Crippen molar-refractivity contribution in [2.24, 2.45) is 0 Å². The molecule has 0 radical (unpaired) electrons. The van der Waals surface area contributed by atoms with Crippen LogP contribution in [-0.4, -0.2) is 46.6 Å². The zero-order chi connectivity index (χ0) is 17.1. The number of hydrogen-bond acceptors (Lipinski definition) is 4. The van der Waals surface area contributed by atoms with Gasteiger partial charge in [-0.25, -0.2) is 0 Å². The number of Topliss-reactive ketones (excluding diaryl/α,β-unsaturated/α-hetero) is 1. The first-order valence-corrected chi connectivity index (χ1v) is 8.76. The molecule has 1 fully saturated rings. The van der Waals surface area contributed by atoms with E-state index in [0.717, 1.165) is 54.9 Å². The summed E-state index contributed by atoms with van der Waals surface area (Å²) in [4.78, 5) is 15.1. The molecule has 2 aromatic carbocycles. The van der Waals surface area contributed by atoms with E-state index in [1.165, 1.54) is 0 Å². The van der Waals surface area contributed by atoms with Crippen LogP contribution in [0.3, 0.4) is 0 Å². The number of benzene rings is 2. The van der Waals surface area contributed by atoms with Crippen LogP contribution in [-0.2, 0) is 13.1 Å². The molecule has 128 valence electrons. The molecule has 0 spiro atoms. The summed E-state index contributed by atoms with van der Waals surface area (Å²) in [5.41, 5.74) is 2.82. The highest BCUT2D eigenvalue weighted by Crippen LogP contribution is 2.21. The van der Waals surface area contributed by atoms with E-state index in [1.807, 2.05) is 59.4 Å². The third-order valence-corrected chi connectivity index (χ3v) is 4.74. The second-order valence-corrected chi connectivity index (χ2v) is 6.48. The molecule has 25 heavy (non-hydrogen) atoms. The van der Waals surface area contributed by atoms with Crippen molar-refractivity contribution in [2.75, 3.05) is 26.2 Å². The highest BCUT2D eigenvalue weighted by Gasteiger charge is 2.16. The minimum Gasteiger partial charge on any atom is -0.314 e. The zero-order valence-electron chi connectivity index (χ0n) is 14.2. The van der Waals surface area contributed by atoms with Crippen molar-refractivity contribution < 1.29 is 4.79 Å². The van der Waals surface area contributed by atoms with Crippen molar-refractivity contribution in [1.29, 1.82) is 0 Å². The second kappa shape index (κ2) is 7.17. The molecule has 1 aliphatic heterocycles. The number of carbonyl (C=O) groups is 1. The first-order chi connectivity index (χ1) is 12.3. The van der Waals surface area contributed by atoms with Crippen LogP contribution in [0.5, 0.6) is 0 Å². The topological polar surface area (TPSA) is 50.2 Å². The number of aromatic nitrogens is 2. The van der Waals surface area contributed by atoms with Gasteiger partial charge in [0.05, 0.1) is 18.4 Å². The number of piperazine rings is 1. The fraction of sp³-hybridized carbons (Fsp3) is 0.300. The van der Waals surface area contributed by atoms with Crippen LogP contribution >= 0.6 is 0 Å². The summed E-state index contributed by atoms with van der Waals surface area (Å²) in [7, 11) is 0. The minimum absolute atomic E-state index is 0.138. The monoisotopic (exact) mass is 334 g/mol. The van der Waals surface area contributed by atoms with E-state index in [0.29, 0.717) is 6.42 Å². The Hall–Kier alpha value is -2.50. The maximum Gasteiger partial charge on any atom is 0.167 e. The van der Waals surface area contributed by atoms with Crippen LogP contribution < -0.4 is 5.32 Å². The number of fused-ring (bicyclic) bond motifs is 1. The van der Waals surface area contributed by atoms with Gasteiger partial charge in [-0.05, 0) is 11.6 Å². The van der Waals surface area contributed by atoms with Crippen molar-refractivity contribution >= 4 is 16.7 Å². The molecule has 0 bridgehead atoms. The Morgan fingerprint density at radius 1 is 1.04 bits per heavy atom. The number of rotatable bonds is 5. The number of carbonyl (C=O) groups excluding carboxylic acids is 1. The van der Waals surface area contributed by atoms with E-state index >= 15 is 0 Å². The van der Waals surface area contributed by atoms with E-state index in [9.17, 15) is 4.79 Å². The summed E-state index contributed by atoms with van der Waals surface area (Å²) in [6.07, 6.45) is 2.25. The van der Waals surface area contributed by atoms with Crippen LogP contribution in [0.15, 0.2) is 54.7 Å². The SMILES string of the molecule is O=C(Cc1ccccc1)c1cccc2c1cnn2CN1CCNCC1. The highest BCUT2D eigenvalue weighted by atomic mass is 16.1. The summed E-state index contributed by atoms with van der Waals surface area (Å²) in [5.74, 6) is 0.138.